The molecule has 0 aliphatic rings. The molecule has 2 nitrogen and oxygen atoms in total. The second-order valence-electron chi connectivity index (χ2n) is 6.07. The zero-order valence-corrected chi connectivity index (χ0v) is 13.0. The third-order valence-electron chi connectivity index (χ3n) is 4.52. The highest BCUT2D eigenvalue weighted by molar-refractivity contribution is 5.91. The monoisotopic (exact) mass is 258 g/mol. The highest BCUT2D eigenvalue weighted by Gasteiger charge is 2.23. The molecule has 0 spiro atoms. The van der Waals surface area contributed by atoms with Crippen LogP contribution in [-0.4, -0.2) is 11.1 Å². The Morgan fingerprint density at radius 2 is 1.68 bits per heavy atom. The van der Waals surface area contributed by atoms with Crippen molar-refractivity contribution in [3.05, 3.63) is 34.5 Å². The first kappa shape index (κ1) is 14.1. The summed E-state index contributed by atoms with van der Waals surface area (Å²) in [6, 6.07) is 4.45. The molecule has 2 rings (SSSR count). The van der Waals surface area contributed by atoms with Crippen molar-refractivity contribution in [3.8, 4) is 0 Å². The number of hydrogen-bond donors (Lipinski definition) is 1. The molecule has 0 bridgehead atoms. The van der Waals surface area contributed by atoms with E-state index in [1.54, 1.807) is 0 Å². The van der Waals surface area contributed by atoms with E-state index in [4.69, 9.17) is 5.73 Å². The van der Waals surface area contributed by atoms with E-state index in [0.717, 1.165) is 0 Å². The predicted molar refractivity (Wildman–Crippen MR) is 83.8 cm³/mol. The van der Waals surface area contributed by atoms with Crippen molar-refractivity contribution >= 4 is 10.9 Å². The minimum Gasteiger partial charge on any atom is -0.347 e. The van der Waals surface area contributed by atoms with Crippen LogP contribution in [-0.2, 0) is 7.05 Å². The number of aryl methyl sites for hydroxylation is 3. The first-order valence-electron chi connectivity index (χ1n) is 7.15. The second kappa shape index (κ2) is 5.01. The Hall–Kier alpha value is -1.28. The molecule has 104 valence electrons. The lowest BCUT2D eigenvalue weighted by molar-refractivity contribution is 0.505. The first-order chi connectivity index (χ1) is 8.90. The van der Waals surface area contributed by atoms with Crippen molar-refractivity contribution in [1.29, 1.82) is 0 Å². The van der Waals surface area contributed by atoms with Crippen molar-refractivity contribution < 1.29 is 0 Å². The molecule has 1 aromatic carbocycles. The van der Waals surface area contributed by atoms with Gasteiger partial charge in [0.15, 0.2) is 0 Å². The van der Waals surface area contributed by atoms with Crippen molar-refractivity contribution in [2.45, 2.75) is 40.5 Å². The summed E-state index contributed by atoms with van der Waals surface area (Å²) in [5.74, 6) is 0.999. The van der Waals surface area contributed by atoms with Crippen LogP contribution in [0, 0.1) is 26.7 Å². The first-order valence-corrected chi connectivity index (χ1v) is 7.15. The molecule has 0 aliphatic heterocycles. The maximum atomic E-state index is 6.05. The summed E-state index contributed by atoms with van der Waals surface area (Å²) >= 11 is 0. The number of fused-ring (bicyclic) bond motifs is 1. The molecule has 1 unspecified atom stereocenters. The third kappa shape index (κ3) is 2.08. The van der Waals surface area contributed by atoms with E-state index in [0.29, 0.717) is 18.4 Å². The van der Waals surface area contributed by atoms with Gasteiger partial charge in [0.1, 0.15) is 0 Å². The van der Waals surface area contributed by atoms with Crippen molar-refractivity contribution in [1.82, 2.24) is 4.57 Å². The molecule has 1 atom stereocenters. The topological polar surface area (TPSA) is 30.9 Å². The Morgan fingerprint density at radius 3 is 2.21 bits per heavy atom. The van der Waals surface area contributed by atoms with Crippen LogP contribution >= 0.6 is 0 Å². The fourth-order valence-electron chi connectivity index (χ4n) is 3.27. The summed E-state index contributed by atoms with van der Waals surface area (Å²) in [5, 5.41) is 1.42. The van der Waals surface area contributed by atoms with Crippen LogP contribution < -0.4 is 5.73 Å². The van der Waals surface area contributed by atoms with Crippen LogP contribution in [0.1, 0.15) is 42.1 Å². The summed E-state index contributed by atoms with van der Waals surface area (Å²) in [5.41, 5.74) is 12.9. The molecule has 0 saturated heterocycles. The highest BCUT2D eigenvalue weighted by atomic mass is 14.9. The van der Waals surface area contributed by atoms with Gasteiger partial charge in [0.05, 0.1) is 5.52 Å². The smallest absolute Gasteiger partial charge is 0.0515 e. The maximum Gasteiger partial charge on any atom is 0.0515 e. The van der Waals surface area contributed by atoms with Crippen LogP contribution in [0.15, 0.2) is 12.1 Å². The number of benzene rings is 1. The lowest BCUT2D eigenvalue weighted by atomic mass is 9.85. The minimum absolute atomic E-state index is 0.434. The van der Waals surface area contributed by atoms with Crippen LogP contribution in [0.25, 0.3) is 10.9 Å². The van der Waals surface area contributed by atoms with Gasteiger partial charge >= 0.3 is 0 Å². The predicted octanol–water partition coefficient (Wildman–Crippen LogP) is 3.80. The van der Waals surface area contributed by atoms with E-state index in [9.17, 15) is 0 Å². The van der Waals surface area contributed by atoms with E-state index in [1.165, 1.54) is 33.3 Å². The van der Waals surface area contributed by atoms with Crippen molar-refractivity contribution in [3.63, 3.8) is 0 Å². The molecule has 0 radical (unpaired) electrons. The van der Waals surface area contributed by atoms with Crippen molar-refractivity contribution in [2.75, 3.05) is 6.54 Å². The number of nitrogens with two attached hydrogens (primary N) is 1. The zero-order chi connectivity index (χ0) is 14.3. The zero-order valence-electron chi connectivity index (χ0n) is 13.0. The number of rotatable bonds is 3. The van der Waals surface area contributed by atoms with Gasteiger partial charge in [0.25, 0.3) is 0 Å². The lowest BCUT2D eigenvalue weighted by Crippen LogP contribution is -2.18. The van der Waals surface area contributed by atoms with E-state index in [2.05, 4.69) is 58.4 Å². The largest absolute Gasteiger partial charge is 0.347 e. The molecule has 0 saturated carbocycles. The lowest BCUT2D eigenvalue weighted by Gasteiger charge is -2.20. The number of aromatic nitrogens is 1. The second-order valence-corrected chi connectivity index (χ2v) is 6.07. The summed E-state index contributed by atoms with van der Waals surface area (Å²) in [6.45, 7) is 11.9. The Balaban J connectivity index is 2.88. The van der Waals surface area contributed by atoms with Gasteiger partial charge in [-0.05, 0) is 49.9 Å². The summed E-state index contributed by atoms with van der Waals surface area (Å²) in [7, 11) is 2.17. The fourth-order valence-corrected chi connectivity index (χ4v) is 3.27. The molecule has 2 heteroatoms. The molecule has 1 aromatic heterocycles. The molecule has 0 fully saturated rings. The minimum atomic E-state index is 0.434. The van der Waals surface area contributed by atoms with Crippen LogP contribution in [0.4, 0.5) is 0 Å². The highest BCUT2D eigenvalue weighted by Crippen LogP contribution is 2.37. The maximum absolute atomic E-state index is 6.05. The molecular weight excluding hydrogens is 232 g/mol. The van der Waals surface area contributed by atoms with E-state index in [1.807, 2.05) is 0 Å². The Bertz CT molecular complexity index is 605. The molecule has 2 aromatic rings. The summed E-state index contributed by atoms with van der Waals surface area (Å²) in [4.78, 5) is 0. The quantitative estimate of drug-likeness (QED) is 0.892. The molecule has 1 heterocycles. The Kier molecular flexibility index (Phi) is 3.73. The van der Waals surface area contributed by atoms with E-state index >= 15 is 0 Å². The van der Waals surface area contributed by atoms with Gasteiger partial charge in [0.2, 0.25) is 0 Å². The van der Waals surface area contributed by atoms with Gasteiger partial charge in [-0.2, -0.15) is 0 Å². The number of nitrogens with zero attached hydrogens (tertiary/aromatic N) is 1. The van der Waals surface area contributed by atoms with Gasteiger partial charge < -0.3 is 10.3 Å². The average molecular weight is 258 g/mol. The average Bonchev–Trinajstić information content (AvgIpc) is 2.61. The van der Waals surface area contributed by atoms with E-state index in [-0.39, 0.29) is 0 Å². The Morgan fingerprint density at radius 1 is 1.11 bits per heavy atom. The van der Waals surface area contributed by atoms with Crippen LogP contribution in [0.3, 0.4) is 0 Å². The van der Waals surface area contributed by atoms with Crippen LogP contribution in [0.5, 0.6) is 0 Å². The summed E-state index contributed by atoms with van der Waals surface area (Å²) in [6.07, 6.45) is 0. The van der Waals surface area contributed by atoms with Gasteiger partial charge in [-0.15, -0.1) is 0 Å². The Labute approximate surface area is 116 Å². The van der Waals surface area contributed by atoms with Gasteiger partial charge in [-0.25, -0.2) is 0 Å². The number of hydrogen-bond acceptors (Lipinski definition) is 1. The molecule has 19 heavy (non-hydrogen) atoms. The van der Waals surface area contributed by atoms with Gasteiger partial charge in [-0.1, -0.05) is 26.0 Å². The SMILES string of the molecule is Cc1ccc(C)c2c1c(C(CN)C(C)C)c(C)n2C. The van der Waals surface area contributed by atoms with Crippen LogP contribution in [0.2, 0.25) is 0 Å². The fraction of sp³-hybridized carbons (Fsp3) is 0.529. The third-order valence-corrected chi connectivity index (χ3v) is 4.52. The van der Waals surface area contributed by atoms with Crippen molar-refractivity contribution in [2.24, 2.45) is 18.7 Å². The molecular formula is C17H26N2. The van der Waals surface area contributed by atoms with Gasteiger partial charge in [0, 0.05) is 24.0 Å². The van der Waals surface area contributed by atoms with E-state index < -0.39 is 0 Å². The van der Waals surface area contributed by atoms with Gasteiger partial charge in [-0.3, -0.25) is 0 Å². The molecule has 2 N–H and O–H groups in total. The molecule has 0 amide bonds. The normalized spacial score (nSPS) is 13.5. The summed E-state index contributed by atoms with van der Waals surface area (Å²) < 4.78 is 2.33. The standard InChI is InChI=1S/C17H26N2/c1-10(2)14(9-18)16-13(5)19(6)17-12(4)8-7-11(3)15(16)17/h7-8,10,14H,9,18H2,1-6H3. The molecule has 0 aliphatic carbocycles.